The number of likely N-dealkylation sites (N-methyl/N-ethyl adjacent to an activating group) is 2. The molecule has 0 bridgehead atoms. The Morgan fingerprint density at radius 1 is 1.21 bits per heavy atom. The molecule has 0 aliphatic carbocycles. The van der Waals surface area contributed by atoms with Crippen molar-refractivity contribution in [3.63, 3.8) is 0 Å². The minimum Gasteiger partial charge on any atom is -0.456 e. The molecule has 0 aromatic carbocycles. The normalized spacial score (nSPS) is 17.8. The van der Waals surface area contributed by atoms with E-state index in [0.717, 1.165) is 0 Å². The number of hydrogen-bond donors (Lipinski definition) is 6. The van der Waals surface area contributed by atoms with Crippen LogP contribution in [0, 0.1) is 0 Å². The standard InChI is InChI=1S/C14H29N3O7/c1-16-6-9(19)12(21)13(22)10(7-18)24-14(23)8(17(2)3)4-5-11(15)20/h8-10,12-13,16,18-19,21-22H,4-7H2,1-3H3,(H2,15,20)/t8-,9-,10+,12+,13+/m0/s1. The van der Waals surface area contributed by atoms with Crippen molar-refractivity contribution < 1.29 is 34.8 Å². The first kappa shape index (κ1) is 22.7. The first-order valence-corrected chi connectivity index (χ1v) is 7.60. The molecule has 1 amide bonds. The minimum atomic E-state index is -1.68. The highest BCUT2D eigenvalue weighted by Gasteiger charge is 2.35. The van der Waals surface area contributed by atoms with Gasteiger partial charge in [-0.2, -0.15) is 0 Å². The second-order valence-corrected chi connectivity index (χ2v) is 5.75. The highest BCUT2D eigenvalue weighted by Crippen LogP contribution is 2.12. The first-order valence-electron chi connectivity index (χ1n) is 7.60. The second-order valence-electron chi connectivity index (χ2n) is 5.75. The fraction of sp³-hybridized carbons (Fsp3) is 0.857. The van der Waals surface area contributed by atoms with Crippen LogP contribution in [0.2, 0.25) is 0 Å². The van der Waals surface area contributed by atoms with Crippen LogP contribution in [0.1, 0.15) is 12.8 Å². The highest BCUT2D eigenvalue weighted by atomic mass is 16.6. The van der Waals surface area contributed by atoms with Crippen molar-refractivity contribution in [1.82, 2.24) is 10.2 Å². The molecule has 0 unspecified atom stereocenters. The van der Waals surface area contributed by atoms with Crippen LogP contribution in [0.4, 0.5) is 0 Å². The van der Waals surface area contributed by atoms with E-state index in [1.54, 1.807) is 21.1 Å². The van der Waals surface area contributed by atoms with Crippen LogP contribution in [0.15, 0.2) is 0 Å². The lowest BCUT2D eigenvalue weighted by atomic mass is 10.0. The van der Waals surface area contributed by atoms with E-state index in [9.17, 15) is 30.0 Å². The lowest BCUT2D eigenvalue weighted by molar-refractivity contribution is -0.174. The lowest BCUT2D eigenvalue weighted by Crippen LogP contribution is -2.51. The number of carbonyl (C=O) groups is 2. The van der Waals surface area contributed by atoms with Crippen LogP contribution in [0.5, 0.6) is 0 Å². The Morgan fingerprint density at radius 2 is 1.79 bits per heavy atom. The summed E-state index contributed by atoms with van der Waals surface area (Å²) in [6.07, 6.45) is -5.95. The van der Waals surface area contributed by atoms with Gasteiger partial charge in [-0.15, -0.1) is 0 Å². The summed E-state index contributed by atoms with van der Waals surface area (Å²) >= 11 is 0. The Bertz CT molecular complexity index is 395. The van der Waals surface area contributed by atoms with Gasteiger partial charge in [-0.25, -0.2) is 0 Å². The van der Waals surface area contributed by atoms with Crippen molar-refractivity contribution in [3.8, 4) is 0 Å². The van der Waals surface area contributed by atoms with E-state index in [-0.39, 0.29) is 19.4 Å². The van der Waals surface area contributed by atoms with Crippen LogP contribution in [-0.4, -0.2) is 102 Å². The quantitative estimate of drug-likeness (QED) is 0.195. The van der Waals surface area contributed by atoms with E-state index in [4.69, 9.17) is 10.5 Å². The lowest BCUT2D eigenvalue weighted by Gasteiger charge is -2.30. The van der Waals surface area contributed by atoms with Gasteiger partial charge in [0.15, 0.2) is 6.10 Å². The molecule has 0 aliphatic rings. The number of hydrogen-bond acceptors (Lipinski definition) is 9. The summed E-state index contributed by atoms with van der Waals surface area (Å²) in [5.41, 5.74) is 5.06. The number of ether oxygens (including phenoxy) is 1. The fourth-order valence-electron chi connectivity index (χ4n) is 2.09. The molecule has 10 heteroatoms. The van der Waals surface area contributed by atoms with E-state index in [1.807, 2.05) is 0 Å². The van der Waals surface area contributed by atoms with Gasteiger partial charge in [-0.1, -0.05) is 0 Å². The molecule has 0 radical (unpaired) electrons. The zero-order valence-corrected chi connectivity index (χ0v) is 14.3. The van der Waals surface area contributed by atoms with Gasteiger partial charge in [0, 0.05) is 13.0 Å². The molecule has 142 valence electrons. The maximum atomic E-state index is 12.2. The molecule has 0 heterocycles. The first-order chi connectivity index (χ1) is 11.1. The molecule has 7 N–H and O–H groups in total. The highest BCUT2D eigenvalue weighted by molar-refractivity contribution is 5.78. The number of aliphatic hydroxyl groups is 4. The van der Waals surface area contributed by atoms with Crippen LogP contribution in [0.25, 0.3) is 0 Å². The summed E-state index contributed by atoms with van der Waals surface area (Å²) < 4.78 is 5.04. The van der Waals surface area contributed by atoms with Gasteiger partial charge < -0.3 is 36.2 Å². The molecule has 0 aromatic heterocycles. The Labute approximate surface area is 141 Å². The Morgan fingerprint density at radius 3 is 2.21 bits per heavy atom. The predicted octanol–water partition coefficient (Wildman–Crippen LogP) is -3.61. The maximum absolute atomic E-state index is 12.2. The summed E-state index contributed by atoms with van der Waals surface area (Å²) in [4.78, 5) is 24.6. The summed E-state index contributed by atoms with van der Waals surface area (Å²) in [5, 5.41) is 41.4. The number of esters is 1. The molecule has 0 saturated heterocycles. The van der Waals surface area contributed by atoms with Gasteiger partial charge in [-0.3, -0.25) is 14.5 Å². The Hall–Kier alpha value is -1.30. The molecule has 0 aliphatic heterocycles. The monoisotopic (exact) mass is 351 g/mol. The smallest absolute Gasteiger partial charge is 0.323 e. The van der Waals surface area contributed by atoms with Crippen LogP contribution in [-0.2, 0) is 14.3 Å². The molecule has 0 aromatic rings. The van der Waals surface area contributed by atoms with Crippen molar-refractivity contribution >= 4 is 11.9 Å². The molecule has 0 rings (SSSR count). The van der Waals surface area contributed by atoms with E-state index >= 15 is 0 Å². The summed E-state index contributed by atoms with van der Waals surface area (Å²) in [6.45, 7) is -0.741. The fourth-order valence-corrected chi connectivity index (χ4v) is 2.09. The van der Waals surface area contributed by atoms with E-state index in [2.05, 4.69) is 5.32 Å². The number of nitrogens with one attached hydrogen (secondary N) is 1. The zero-order chi connectivity index (χ0) is 18.9. The van der Waals surface area contributed by atoms with Crippen molar-refractivity contribution in [2.75, 3.05) is 34.3 Å². The molecule has 0 saturated carbocycles. The van der Waals surface area contributed by atoms with Gasteiger partial charge in [0.1, 0.15) is 18.2 Å². The minimum absolute atomic E-state index is 0.00323. The number of nitrogens with zero attached hydrogens (tertiary/aromatic N) is 1. The van der Waals surface area contributed by atoms with E-state index in [1.165, 1.54) is 4.90 Å². The number of nitrogens with two attached hydrogens (primary N) is 1. The SMILES string of the molecule is CNC[C@H](O)[C@@H](O)[C@H](O)[C@@H](CO)OC(=O)[C@H](CCC(N)=O)N(C)C. The van der Waals surface area contributed by atoms with E-state index in [0.29, 0.717) is 0 Å². The van der Waals surface area contributed by atoms with Gasteiger partial charge in [0.05, 0.1) is 12.7 Å². The van der Waals surface area contributed by atoms with Gasteiger partial charge in [-0.05, 0) is 27.6 Å². The van der Waals surface area contributed by atoms with Crippen LogP contribution >= 0.6 is 0 Å². The predicted molar refractivity (Wildman–Crippen MR) is 84.8 cm³/mol. The third-order valence-electron chi connectivity index (χ3n) is 3.55. The molecule has 0 spiro atoms. The summed E-state index contributed by atoms with van der Waals surface area (Å²) in [7, 11) is 4.75. The van der Waals surface area contributed by atoms with Crippen LogP contribution in [0.3, 0.4) is 0 Å². The van der Waals surface area contributed by atoms with Crippen molar-refractivity contribution in [3.05, 3.63) is 0 Å². The zero-order valence-electron chi connectivity index (χ0n) is 14.3. The van der Waals surface area contributed by atoms with Gasteiger partial charge in [0.2, 0.25) is 5.91 Å². The molecular formula is C14H29N3O7. The van der Waals surface area contributed by atoms with Gasteiger partial charge in [0.25, 0.3) is 0 Å². The molecule has 24 heavy (non-hydrogen) atoms. The third-order valence-corrected chi connectivity index (χ3v) is 3.55. The van der Waals surface area contributed by atoms with Crippen molar-refractivity contribution in [2.24, 2.45) is 5.73 Å². The maximum Gasteiger partial charge on any atom is 0.323 e. The largest absolute Gasteiger partial charge is 0.456 e. The van der Waals surface area contributed by atoms with Crippen LogP contribution < -0.4 is 11.1 Å². The number of rotatable bonds is 12. The molecule has 0 fully saturated rings. The number of amides is 1. The summed E-state index contributed by atoms with van der Waals surface area (Å²) in [6, 6.07) is -0.807. The molecular weight excluding hydrogens is 322 g/mol. The third kappa shape index (κ3) is 7.51. The number of carbonyl (C=O) groups excluding carboxylic acids is 2. The number of aliphatic hydroxyl groups excluding tert-OH is 4. The number of primary amides is 1. The second kappa shape index (κ2) is 11.3. The van der Waals surface area contributed by atoms with Crippen molar-refractivity contribution in [1.29, 1.82) is 0 Å². The molecule has 5 atom stereocenters. The Balaban J connectivity index is 4.87. The molecule has 10 nitrogen and oxygen atoms in total. The van der Waals surface area contributed by atoms with E-state index < -0.39 is 48.9 Å². The Kier molecular flexibility index (Phi) is 10.7. The summed E-state index contributed by atoms with van der Waals surface area (Å²) in [5.74, 6) is -1.35. The topological polar surface area (TPSA) is 166 Å². The van der Waals surface area contributed by atoms with Gasteiger partial charge >= 0.3 is 5.97 Å². The van der Waals surface area contributed by atoms with Crippen molar-refractivity contribution in [2.45, 2.75) is 43.3 Å². The average molecular weight is 351 g/mol. The average Bonchev–Trinajstić information content (AvgIpc) is 2.50.